The molecular formula is C19H19ClN2O2. The van der Waals surface area contributed by atoms with Crippen LogP contribution < -0.4 is 5.32 Å². The van der Waals surface area contributed by atoms with Crippen LogP contribution in [0.5, 0.6) is 0 Å². The lowest BCUT2D eigenvalue weighted by molar-refractivity contribution is -0.135. The molecule has 0 radical (unpaired) electrons. The number of hydrogen-bond acceptors (Lipinski definition) is 2. The third-order valence-electron chi connectivity index (χ3n) is 4.29. The lowest BCUT2D eigenvalue weighted by atomic mass is 9.90. The maximum atomic E-state index is 12.7. The summed E-state index contributed by atoms with van der Waals surface area (Å²) in [6, 6.07) is 15.8. The Bertz CT molecular complexity index is 761. The molecule has 24 heavy (non-hydrogen) atoms. The van der Waals surface area contributed by atoms with Crippen molar-refractivity contribution in [1.82, 2.24) is 10.2 Å². The molecule has 0 aromatic heterocycles. The number of carbonyl (C=O) groups excluding carboxylic acids is 2. The summed E-state index contributed by atoms with van der Waals surface area (Å²) in [6.45, 7) is 1.91. The van der Waals surface area contributed by atoms with Crippen molar-refractivity contribution < 1.29 is 9.59 Å². The smallest absolute Gasteiger partial charge is 0.242 e. The molecule has 124 valence electrons. The molecule has 1 heterocycles. The number of amides is 2. The van der Waals surface area contributed by atoms with Crippen molar-refractivity contribution >= 4 is 23.4 Å². The minimum absolute atomic E-state index is 0.00850. The van der Waals surface area contributed by atoms with E-state index in [9.17, 15) is 9.59 Å². The summed E-state index contributed by atoms with van der Waals surface area (Å²) < 4.78 is 0. The van der Waals surface area contributed by atoms with Crippen LogP contribution in [-0.4, -0.2) is 23.3 Å². The van der Waals surface area contributed by atoms with Gasteiger partial charge in [-0.05, 0) is 35.2 Å². The molecule has 0 saturated heterocycles. The zero-order valence-corrected chi connectivity index (χ0v) is 14.2. The lowest BCUT2D eigenvalue weighted by Gasteiger charge is -2.37. The number of nitrogens with one attached hydrogen (secondary N) is 1. The number of fused-ring (bicyclic) bond motifs is 1. The summed E-state index contributed by atoms with van der Waals surface area (Å²) in [5, 5.41) is 3.26. The van der Waals surface area contributed by atoms with Gasteiger partial charge in [0.25, 0.3) is 0 Å². The van der Waals surface area contributed by atoms with E-state index in [0.29, 0.717) is 11.6 Å². The first-order valence-electron chi connectivity index (χ1n) is 7.91. The van der Waals surface area contributed by atoms with Gasteiger partial charge in [-0.3, -0.25) is 9.59 Å². The van der Waals surface area contributed by atoms with E-state index < -0.39 is 0 Å². The maximum Gasteiger partial charge on any atom is 0.242 e. The fourth-order valence-electron chi connectivity index (χ4n) is 3.09. The molecule has 0 bridgehead atoms. The van der Waals surface area contributed by atoms with Gasteiger partial charge in [0.05, 0.1) is 12.6 Å². The van der Waals surface area contributed by atoms with Gasteiger partial charge in [-0.15, -0.1) is 0 Å². The molecule has 0 unspecified atom stereocenters. The van der Waals surface area contributed by atoms with E-state index in [4.69, 9.17) is 11.6 Å². The molecular weight excluding hydrogens is 324 g/mol. The highest BCUT2D eigenvalue weighted by Gasteiger charge is 2.30. The zero-order chi connectivity index (χ0) is 17.1. The second kappa shape index (κ2) is 7.05. The topological polar surface area (TPSA) is 49.4 Å². The molecule has 2 amide bonds. The van der Waals surface area contributed by atoms with Crippen molar-refractivity contribution in [3.8, 4) is 0 Å². The first-order valence-corrected chi connectivity index (χ1v) is 8.28. The summed E-state index contributed by atoms with van der Waals surface area (Å²) in [6.07, 6.45) is 0.738. The van der Waals surface area contributed by atoms with Crippen LogP contribution in [0.25, 0.3) is 0 Å². The number of nitrogens with zero attached hydrogens (tertiary/aromatic N) is 1. The van der Waals surface area contributed by atoms with E-state index in [2.05, 4.69) is 5.32 Å². The maximum absolute atomic E-state index is 12.7. The third-order valence-corrected chi connectivity index (χ3v) is 4.53. The summed E-state index contributed by atoms with van der Waals surface area (Å²) in [5.74, 6) is -0.301. The van der Waals surface area contributed by atoms with Gasteiger partial charge < -0.3 is 10.2 Å². The molecule has 2 aromatic rings. The van der Waals surface area contributed by atoms with Crippen molar-refractivity contribution in [1.29, 1.82) is 0 Å². The van der Waals surface area contributed by atoms with E-state index >= 15 is 0 Å². The predicted octanol–water partition coefficient (Wildman–Crippen LogP) is 3.10. The van der Waals surface area contributed by atoms with Crippen molar-refractivity contribution in [2.75, 3.05) is 6.54 Å². The van der Waals surface area contributed by atoms with Crippen LogP contribution in [0.4, 0.5) is 0 Å². The Kier molecular flexibility index (Phi) is 4.86. The predicted molar refractivity (Wildman–Crippen MR) is 93.6 cm³/mol. The Morgan fingerprint density at radius 2 is 1.92 bits per heavy atom. The molecule has 5 heteroatoms. The van der Waals surface area contributed by atoms with Crippen LogP contribution >= 0.6 is 11.6 Å². The van der Waals surface area contributed by atoms with Crippen LogP contribution in [0.2, 0.25) is 5.02 Å². The Morgan fingerprint density at radius 1 is 1.17 bits per heavy atom. The van der Waals surface area contributed by atoms with Crippen LogP contribution in [0.3, 0.4) is 0 Å². The fraction of sp³-hybridized carbons (Fsp3) is 0.263. The van der Waals surface area contributed by atoms with Crippen LogP contribution in [0.15, 0.2) is 48.5 Å². The van der Waals surface area contributed by atoms with Crippen molar-refractivity contribution in [3.63, 3.8) is 0 Å². The standard InChI is InChI=1S/C19H19ClN2O2/c1-13(23)21-11-19(24)22-12-16-9-17(20)8-7-15(16)10-18(22)14-5-3-2-4-6-14/h2-9,18H,10-12H2,1H3,(H,21,23)/t18-/m1/s1. The van der Waals surface area contributed by atoms with Crippen molar-refractivity contribution in [2.24, 2.45) is 0 Å². The van der Waals surface area contributed by atoms with Gasteiger partial charge in [0.2, 0.25) is 11.8 Å². The number of hydrogen-bond donors (Lipinski definition) is 1. The molecule has 0 saturated carbocycles. The van der Waals surface area contributed by atoms with Gasteiger partial charge in [0, 0.05) is 18.5 Å². The molecule has 1 atom stereocenters. The molecule has 2 aromatic carbocycles. The van der Waals surface area contributed by atoms with E-state index in [0.717, 1.165) is 17.5 Å². The van der Waals surface area contributed by atoms with Crippen LogP contribution in [0, 0.1) is 0 Å². The Labute approximate surface area is 146 Å². The van der Waals surface area contributed by atoms with E-state index in [1.807, 2.05) is 53.4 Å². The van der Waals surface area contributed by atoms with E-state index in [-0.39, 0.29) is 24.4 Å². The molecule has 0 aliphatic carbocycles. The number of benzene rings is 2. The normalized spacial score (nSPS) is 16.4. The minimum Gasteiger partial charge on any atom is -0.347 e. The van der Waals surface area contributed by atoms with Gasteiger partial charge in [0.15, 0.2) is 0 Å². The monoisotopic (exact) mass is 342 g/mol. The SMILES string of the molecule is CC(=O)NCC(=O)N1Cc2cc(Cl)ccc2C[C@@H]1c1ccccc1. The quantitative estimate of drug-likeness (QED) is 0.931. The van der Waals surface area contributed by atoms with Gasteiger partial charge in [-0.1, -0.05) is 48.0 Å². The molecule has 0 fully saturated rings. The zero-order valence-electron chi connectivity index (χ0n) is 13.5. The van der Waals surface area contributed by atoms with Gasteiger partial charge in [-0.25, -0.2) is 0 Å². The van der Waals surface area contributed by atoms with Crippen LogP contribution in [-0.2, 0) is 22.6 Å². The molecule has 4 nitrogen and oxygen atoms in total. The largest absolute Gasteiger partial charge is 0.347 e. The molecule has 1 aliphatic heterocycles. The molecule has 3 rings (SSSR count). The number of carbonyl (C=O) groups is 2. The second-order valence-corrected chi connectivity index (χ2v) is 6.41. The molecule has 1 N–H and O–H groups in total. The first kappa shape index (κ1) is 16.5. The van der Waals surface area contributed by atoms with Crippen molar-refractivity contribution in [3.05, 3.63) is 70.2 Å². The Hall–Kier alpha value is -2.33. The van der Waals surface area contributed by atoms with Gasteiger partial charge in [-0.2, -0.15) is 0 Å². The summed E-state index contributed by atoms with van der Waals surface area (Å²) in [5.41, 5.74) is 3.36. The Balaban J connectivity index is 1.92. The van der Waals surface area contributed by atoms with Gasteiger partial charge in [0.1, 0.15) is 0 Å². The third kappa shape index (κ3) is 3.60. The molecule has 1 aliphatic rings. The highest BCUT2D eigenvalue weighted by Crippen LogP contribution is 2.34. The minimum atomic E-state index is -0.208. The van der Waals surface area contributed by atoms with E-state index in [1.54, 1.807) is 0 Å². The average molecular weight is 343 g/mol. The van der Waals surface area contributed by atoms with E-state index in [1.165, 1.54) is 12.5 Å². The Morgan fingerprint density at radius 3 is 2.62 bits per heavy atom. The highest BCUT2D eigenvalue weighted by molar-refractivity contribution is 6.30. The number of halogens is 1. The average Bonchev–Trinajstić information content (AvgIpc) is 2.59. The summed E-state index contributed by atoms with van der Waals surface area (Å²) >= 11 is 6.10. The fourth-order valence-corrected chi connectivity index (χ4v) is 3.28. The second-order valence-electron chi connectivity index (χ2n) is 5.98. The lowest BCUT2D eigenvalue weighted by Crippen LogP contribution is -2.44. The molecule has 0 spiro atoms. The van der Waals surface area contributed by atoms with Crippen LogP contribution in [0.1, 0.15) is 29.7 Å². The van der Waals surface area contributed by atoms with Gasteiger partial charge >= 0.3 is 0 Å². The van der Waals surface area contributed by atoms with Crippen molar-refractivity contribution in [2.45, 2.75) is 25.9 Å². The summed E-state index contributed by atoms with van der Waals surface area (Å²) in [4.78, 5) is 25.6. The first-order chi connectivity index (χ1) is 11.5. The summed E-state index contributed by atoms with van der Waals surface area (Å²) in [7, 11) is 0. The number of rotatable bonds is 3. The highest BCUT2D eigenvalue weighted by atomic mass is 35.5.